The highest BCUT2D eigenvalue weighted by Crippen LogP contribution is 2.25. The predicted octanol–water partition coefficient (Wildman–Crippen LogP) is 1.73. The fourth-order valence-corrected chi connectivity index (χ4v) is 2.13. The SMILES string of the molecule is CCOC(=O)C(C)(COCC1CCCC1)NC. The molecule has 1 N–H and O–H groups in total. The van der Waals surface area contributed by atoms with E-state index in [4.69, 9.17) is 9.47 Å². The van der Waals surface area contributed by atoms with Crippen LogP contribution in [-0.2, 0) is 14.3 Å². The van der Waals surface area contributed by atoms with Crippen molar-refractivity contribution in [1.82, 2.24) is 5.32 Å². The van der Waals surface area contributed by atoms with Crippen molar-refractivity contribution >= 4 is 5.97 Å². The molecule has 0 bridgehead atoms. The van der Waals surface area contributed by atoms with Gasteiger partial charge in [-0.05, 0) is 39.7 Å². The van der Waals surface area contributed by atoms with E-state index in [2.05, 4.69) is 5.32 Å². The summed E-state index contributed by atoms with van der Waals surface area (Å²) in [4.78, 5) is 11.8. The van der Waals surface area contributed by atoms with Gasteiger partial charge in [0.15, 0.2) is 0 Å². The fourth-order valence-electron chi connectivity index (χ4n) is 2.13. The lowest BCUT2D eigenvalue weighted by molar-refractivity contribution is -0.153. The van der Waals surface area contributed by atoms with Gasteiger partial charge in [-0.1, -0.05) is 12.8 Å². The molecule has 0 aromatic rings. The third-order valence-electron chi connectivity index (χ3n) is 3.50. The lowest BCUT2D eigenvalue weighted by Crippen LogP contribution is -2.52. The lowest BCUT2D eigenvalue weighted by atomic mass is 10.0. The Morgan fingerprint density at radius 2 is 2.06 bits per heavy atom. The molecule has 1 unspecified atom stereocenters. The molecule has 1 aliphatic carbocycles. The summed E-state index contributed by atoms with van der Waals surface area (Å²) < 4.78 is 10.7. The second-order valence-electron chi connectivity index (χ2n) is 4.97. The minimum absolute atomic E-state index is 0.242. The molecule has 0 heterocycles. The van der Waals surface area contributed by atoms with E-state index in [-0.39, 0.29) is 5.97 Å². The first-order valence-electron chi connectivity index (χ1n) is 6.56. The largest absolute Gasteiger partial charge is 0.465 e. The van der Waals surface area contributed by atoms with Gasteiger partial charge in [-0.3, -0.25) is 0 Å². The number of carbonyl (C=O) groups excluding carboxylic acids is 1. The molecular weight excluding hydrogens is 218 g/mol. The third kappa shape index (κ3) is 4.28. The zero-order valence-corrected chi connectivity index (χ0v) is 11.3. The molecule has 17 heavy (non-hydrogen) atoms. The Morgan fingerprint density at radius 3 is 2.59 bits per heavy atom. The second-order valence-corrected chi connectivity index (χ2v) is 4.97. The highest BCUT2D eigenvalue weighted by Gasteiger charge is 2.33. The van der Waals surface area contributed by atoms with Gasteiger partial charge in [-0.2, -0.15) is 0 Å². The molecule has 1 aliphatic rings. The third-order valence-corrected chi connectivity index (χ3v) is 3.50. The number of rotatable bonds is 7. The molecule has 1 saturated carbocycles. The van der Waals surface area contributed by atoms with Crippen molar-refractivity contribution in [2.75, 3.05) is 26.9 Å². The van der Waals surface area contributed by atoms with Crippen LogP contribution in [0, 0.1) is 5.92 Å². The molecule has 1 fully saturated rings. The highest BCUT2D eigenvalue weighted by molar-refractivity contribution is 5.80. The van der Waals surface area contributed by atoms with Crippen molar-refractivity contribution in [1.29, 1.82) is 0 Å². The van der Waals surface area contributed by atoms with Gasteiger partial charge in [0.1, 0.15) is 5.54 Å². The van der Waals surface area contributed by atoms with Crippen molar-refractivity contribution in [3.63, 3.8) is 0 Å². The van der Waals surface area contributed by atoms with Crippen LogP contribution in [0.5, 0.6) is 0 Å². The molecule has 0 radical (unpaired) electrons. The standard InChI is InChI=1S/C13H25NO3/c1-4-17-12(15)13(2,14-3)10-16-9-11-7-5-6-8-11/h11,14H,4-10H2,1-3H3. The van der Waals surface area contributed by atoms with Crippen molar-refractivity contribution in [3.05, 3.63) is 0 Å². The lowest BCUT2D eigenvalue weighted by Gasteiger charge is -2.27. The smallest absolute Gasteiger partial charge is 0.328 e. The summed E-state index contributed by atoms with van der Waals surface area (Å²) in [6.07, 6.45) is 5.15. The minimum atomic E-state index is -0.728. The maximum absolute atomic E-state index is 11.8. The summed E-state index contributed by atoms with van der Waals surface area (Å²) >= 11 is 0. The Kier molecular flexibility index (Phi) is 5.92. The topological polar surface area (TPSA) is 47.6 Å². The average Bonchev–Trinajstić information content (AvgIpc) is 2.82. The first kappa shape index (κ1) is 14.5. The predicted molar refractivity (Wildman–Crippen MR) is 66.9 cm³/mol. The highest BCUT2D eigenvalue weighted by atomic mass is 16.5. The number of likely N-dealkylation sites (N-methyl/N-ethyl adjacent to an activating group) is 1. The summed E-state index contributed by atoms with van der Waals surface area (Å²) in [5.74, 6) is 0.437. The first-order valence-corrected chi connectivity index (χ1v) is 6.56. The van der Waals surface area contributed by atoms with Gasteiger partial charge >= 0.3 is 5.97 Å². The first-order chi connectivity index (χ1) is 8.12. The zero-order chi connectivity index (χ0) is 12.7. The molecule has 100 valence electrons. The van der Waals surface area contributed by atoms with Crippen LogP contribution < -0.4 is 5.32 Å². The molecule has 0 aromatic carbocycles. The van der Waals surface area contributed by atoms with Crippen LogP contribution >= 0.6 is 0 Å². The van der Waals surface area contributed by atoms with Crippen LogP contribution in [-0.4, -0.2) is 38.4 Å². The zero-order valence-electron chi connectivity index (χ0n) is 11.3. The Labute approximate surface area is 104 Å². The fraction of sp³-hybridized carbons (Fsp3) is 0.923. The Hall–Kier alpha value is -0.610. The molecule has 1 atom stereocenters. The van der Waals surface area contributed by atoms with Crippen molar-refractivity contribution < 1.29 is 14.3 Å². The van der Waals surface area contributed by atoms with Crippen LogP contribution in [0.15, 0.2) is 0 Å². The second kappa shape index (κ2) is 6.97. The normalized spacial score (nSPS) is 20.2. The maximum Gasteiger partial charge on any atom is 0.328 e. The van der Waals surface area contributed by atoms with Gasteiger partial charge in [-0.25, -0.2) is 4.79 Å². The summed E-state index contributed by atoms with van der Waals surface area (Å²) in [7, 11) is 1.76. The van der Waals surface area contributed by atoms with Crippen LogP contribution in [0.3, 0.4) is 0 Å². The van der Waals surface area contributed by atoms with E-state index in [1.165, 1.54) is 25.7 Å². The van der Waals surface area contributed by atoms with E-state index in [9.17, 15) is 4.79 Å². The number of nitrogens with one attached hydrogen (secondary N) is 1. The van der Waals surface area contributed by atoms with Gasteiger partial charge in [0.25, 0.3) is 0 Å². The Bertz CT molecular complexity index is 239. The molecule has 4 heteroatoms. The van der Waals surface area contributed by atoms with Crippen molar-refractivity contribution in [2.45, 2.75) is 45.1 Å². The van der Waals surface area contributed by atoms with Crippen molar-refractivity contribution in [2.24, 2.45) is 5.92 Å². The number of hydrogen-bond donors (Lipinski definition) is 1. The van der Waals surface area contributed by atoms with Crippen LogP contribution in [0.2, 0.25) is 0 Å². The average molecular weight is 243 g/mol. The van der Waals surface area contributed by atoms with Crippen molar-refractivity contribution in [3.8, 4) is 0 Å². The molecule has 0 spiro atoms. The molecule has 4 nitrogen and oxygen atoms in total. The van der Waals surface area contributed by atoms with Gasteiger partial charge in [-0.15, -0.1) is 0 Å². The molecule has 0 amide bonds. The number of carbonyl (C=O) groups is 1. The summed E-state index contributed by atoms with van der Waals surface area (Å²) in [6, 6.07) is 0. The van der Waals surface area contributed by atoms with Crippen LogP contribution in [0.1, 0.15) is 39.5 Å². The number of esters is 1. The molecule has 1 rings (SSSR count). The summed E-state index contributed by atoms with van der Waals surface area (Å²) in [6.45, 7) is 5.17. The Balaban J connectivity index is 2.31. The minimum Gasteiger partial charge on any atom is -0.465 e. The van der Waals surface area contributed by atoms with Crippen LogP contribution in [0.25, 0.3) is 0 Å². The summed E-state index contributed by atoms with van der Waals surface area (Å²) in [5, 5.41) is 2.99. The quantitative estimate of drug-likeness (QED) is 0.692. The van der Waals surface area contributed by atoms with Gasteiger partial charge in [0, 0.05) is 6.61 Å². The number of hydrogen-bond acceptors (Lipinski definition) is 4. The Morgan fingerprint density at radius 1 is 1.41 bits per heavy atom. The van der Waals surface area contributed by atoms with Gasteiger partial charge in [0.05, 0.1) is 13.2 Å². The van der Waals surface area contributed by atoms with Crippen LogP contribution in [0.4, 0.5) is 0 Å². The van der Waals surface area contributed by atoms with E-state index >= 15 is 0 Å². The van der Waals surface area contributed by atoms with E-state index in [1.54, 1.807) is 7.05 Å². The van der Waals surface area contributed by atoms with E-state index < -0.39 is 5.54 Å². The van der Waals surface area contributed by atoms with E-state index in [0.717, 1.165) is 6.61 Å². The maximum atomic E-state index is 11.8. The number of ether oxygens (including phenoxy) is 2. The molecular formula is C13H25NO3. The van der Waals surface area contributed by atoms with Gasteiger partial charge in [0.2, 0.25) is 0 Å². The molecule has 0 aliphatic heterocycles. The molecule has 0 saturated heterocycles. The molecule has 0 aromatic heterocycles. The summed E-state index contributed by atoms with van der Waals surface area (Å²) in [5.41, 5.74) is -0.728. The van der Waals surface area contributed by atoms with E-state index in [0.29, 0.717) is 19.1 Å². The monoisotopic (exact) mass is 243 g/mol. The van der Waals surface area contributed by atoms with E-state index in [1.807, 2.05) is 13.8 Å². The van der Waals surface area contributed by atoms with Gasteiger partial charge < -0.3 is 14.8 Å².